The summed E-state index contributed by atoms with van der Waals surface area (Å²) in [5, 5.41) is 18.5. The molecule has 28 heavy (non-hydrogen) atoms. The average molecular weight is 379 g/mol. The standard InChI is InChI=1S/C21H22BNO5/c1-20(2)21(3,4)28-22(27-20)17-9-10-18(16(11-17)12-23)26-13-14-5-7-15(8-6-14)19(24)25/h5-11H,13H2,1-4H3,(H,24,25). The predicted molar refractivity (Wildman–Crippen MR) is 105 cm³/mol. The van der Waals surface area contributed by atoms with Gasteiger partial charge in [0.1, 0.15) is 18.4 Å². The van der Waals surface area contributed by atoms with Crippen LogP contribution in [0.25, 0.3) is 0 Å². The summed E-state index contributed by atoms with van der Waals surface area (Å²) in [5.41, 5.74) is 1.25. The highest BCUT2D eigenvalue weighted by molar-refractivity contribution is 6.62. The molecule has 1 aliphatic rings. The Morgan fingerprint density at radius 2 is 1.71 bits per heavy atom. The van der Waals surface area contributed by atoms with Gasteiger partial charge in [0, 0.05) is 0 Å². The second-order valence-corrected chi connectivity index (χ2v) is 7.75. The second-order valence-electron chi connectivity index (χ2n) is 7.75. The van der Waals surface area contributed by atoms with E-state index in [2.05, 4.69) is 6.07 Å². The Morgan fingerprint density at radius 1 is 1.11 bits per heavy atom. The van der Waals surface area contributed by atoms with Crippen molar-refractivity contribution in [1.82, 2.24) is 0 Å². The van der Waals surface area contributed by atoms with Crippen LogP contribution in [0.2, 0.25) is 0 Å². The molecular weight excluding hydrogens is 357 g/mol. The molecule has 0 amide bonds. The van der Waals surface area contributed by atoms with Crippen LogP contribution in [0.4, 0.5) is 0 Å². The molecule has 144 valence electrons. The normalized spacial score (nSPS) is 17.2. The number of benzene rings is 2. The molecule has 3 rings (SSSR count). The summed E-state index contributed by atoms with van der Waals surface area (Å²) in [6.45, 7) is 8.14. The van der Waals surface area contributed by atoms with E-state index in [1.807, 2.05) is 33.8 Å². The minimum Gasteiger partial charge on any atom is -0.488 e. The minimum atomic E-state index is -0.975. The van der Waals surface area contributed by atoms with Crippen LogP contribution in [0.5, 0.6) is 5.75 Å². The Kier molecular flexibility index (Phi) is 5.20. The van der Waals surface area contributed by atoms with Gasteiger partial charge in [0.25, 0.3) is 0 Å². The van der Waals surface area contributed by atoms with Crippen LogP contribution in [-0.4, -0.2) is 29.4 Å². The third-order valence-corrected chi connectivity index (χ3v) is 5.24. The Balaban J connectivity index is 1.74. The van der Waals surface area contributed by atoms with Crippen LogP contribution in [0, 0.1) is 11.3 Å². The summed E-state index contributed by atoms with van der Waals surface area (Å²) < 4.78 is 17.8. The number of nitriles is 1. The number of carboxylic acid groups (broad SMARTS) is 1. The minimum absolute atomic E-state index is 0.216. The second kappa shape index (κ2) is 7.31. The summed E-state index contributed by atoms with van der Waals surface area (Å²) in [6.07, 6.45) is 0. The van der Waals surface area contributed by atoms with E-state index in [0.29, 0.717) is 11.3 Å². The van der Waals surface area contributed by atoms with Crippen molar-refractivity contribution in [2.24, 2.45) is 0 Å². The van der Waals surface area contributed by atoms with Crippen molar-refractivity contribution in [3.05, 3.63) is 59.2 Å². The average Bonchev–Trinajstić information content (AvgIpc) is 2.87. The molecule has 0 aliphatic carbocycles. The van der Waals surface area contributed by atoms with Crippen molar-refractivity contribution in [1.29, 1.82) is 5.26 Å². The highest BCUT2D eigenvalue weighted by Gasteiger charge is 2.51. The molecule has 0 radical (unpaired) electrons. The number of hydrogen-bond acceptors (Lipinski definition) is 5. The van der Waals surface area contributed by atoms with Gasteiger partial charge >= 0.3 is 13.1 Å². The van der Waals surface area contributed by atoms with Crippen molar-refractivity contribution in [2.75, 3.05) is 0 Å². The molecule has 1 saturated heterocycles. The maximum atomic E-state index is 10.9. The molecule has 0 atom stereocenters. The summed E-state index contributed by atoms with van der Waals surface area (Å²) in [4.78, 5) is 10.9. The smallest absolute Gasteiger partial charge is 0.488 e. The van der Waals surface area contributed by atoms with E-state index in [-0.39, 0.29) is 12.2 Å². The van der Waals surface area contributed by atoms with Gasteiger partial charge in [-0.2, -0.15) is 5.26 Å². The zero-order chi connectivity index (χ0) is 20.5. The van der Waals surface area contributed by atoms with Gasteiger partial charge in [-0.3, -0.25) is 0 Å². The molecule has 6 nitrogen and oxygen atoms in total. The monoisotopic (exact) mass is 379 g/mol. The summed E-state index contributed by atoms with van der Waals surface area (Å²) in [7, 11) is -0.547. The first-order valence-corrected chi connectivity index (χ1v) is 8.98. The molecule has 7 heteroatoms. The van der Waals surface area contributed by atoms with Crippen LogP contribution in [0.1, 0.15) is 49.2 Å². The van der Waals surface area contributed by atoms with Crippen molar-refractivity contribution in [2.45, 2.75) is 45.5 Å². The Hall–Kier alpha value is -2.82. The van der Waals surface area contributed by atoms with Crippen LogP contribution < -0.4 is 10.2 Å². The van der Waals surface area contributed by atoms with E-state index in [4.69, 9.17) is 19.2 Å². The van der Waals surface area contributed by atoms with Gasteiger partial charge in [-0.25, -0.2) is 4.79 Å². The number of carboxylic acids is 1. The Labute approximate surface area is 164 Å². The maximum Gasteiger partial charge on any atom is 0.494 e. The number of aromatic carboxylic acids is 1. The van der Waals surface area contributed by atoms with Gasteiger partial charge in [-0.05, 0) is 63.0 Å². The molecule has 2 aromatic rings. The quantitative estimate of drug-likeness (QED) is 0.803. The fourth-order valence-corrected chi connectivity index (χ4v) is 2.79. The molecule has 0 saturated carbocycles. The first kappa shape index (κ1) is 19.9. The fraction of sp³-hybridized carbons (Fsp3) is 0.333. The van der Waals surface area contributed by atoms with Crippen molar-refractivity contribution in [3.8, 4) is 11.8 Å². The molecule has 1 aliphatic heterocycles. The first-order valence-electron chi connectivity index (χ1n) is 8.98. The fourth-order valence-electron chi connectivity index (χ4n) is 2.79. The van der Waals surface area contributed by atoms with Crippen LogP contribution in [-0.2, 0) is 15.9 Å². The zero-order valence-corrected chi connectivity index (χ0v) is 16.4. The summed E-state index contributed by atoms with van der Waals surface area (Å²) in [5.74, 6) is -0.525. The maximum absolute atomic E-state index is 10.9. The van der Waals surface area contributed by atoms with Crippen molar-refractivity contribution < 1.29 is 23.9 Å². The summed E-state index contributed by atoms with van der Waals surface area (Å²) >= 11 is 0. The lowest BCUT2D eigenvalue weighted by Gasteiger charge is -2.32. The van der Waals surface area contributed by atoms with E-state index in [1.54, 1.807) is 24.3 Å². The number of carbonyl (C=O) groups is 1. The first-order chi connectivity index (χ1) is 13.1. The van der Waals surface area contributed by atoms with Gasteiger partial charge in [-0.15, -0.1) is 0 Å². The molecule has 1 heterocycles. The Morgan fingerprint density at radius 3 is 2.25 bits per heavy atom. The third-order valence-electron chi connectivity index (χ3n) is 5.24. The van der Waals surface area contributed by atoms with Gasteiger partial charge in [0.2, 0.25) is 0 Å². The zero-order valence-electron chi connectivity index (χ0n) is 16.4. The molecule has 0 bridgehead atoms. The van der Waals surface area contributed by atoms with Crippen molar-refractivity contribution in [3.63, 3.8) is 0 Å². The van der Waals surface area contributed by atoms with E-state index in [1.165, 1.54) is 12.1 Å². The molecule has 0 aromatic heterocycles. The van der Waals surface area contributed by atoms with E-state index < -0.39 is 24.3 Å². The lowest BCUT2D eigenvalue weighted by Crippen LogP contribution is -2.41. The van der Waals surface area contributed by atoms with Gasteiger partial charge in [-0.1, -0.05) is 18.2 Å². The molecule has 0 unspecified atom stereocenters. The van der Waals surface area contributed by atoms with Crippen LogP contribution in [0.15, 0.2) is 42.5 Å². The largest absolute Gasteiger partial charge is 0.494 e. The lowest BCUT2D eigenvalue weighted by molar-refractivity contribution is 0.00578. The van der Waals surface area contributed by atoms with Gasteiger partial charge < -0.3 is 19.2 Å². The molecule has 0 spiro atoms. The number of hydrogen-bond donors (Lipinski definition) is 1. The number of nitrogens with zero attached hydrogens (tertiary/aromatic N) is 1. The van der Waals surface area contributed by atoms with Gasteiger partial charge in [0.05, 0.1) is 22.3 Å². The van der Waals surface area contributed by atoms with E-state index in [0.717, 1.165) is 11.0 Å². The molecule has 2 aromatic carbocycles. The van der Waals surface area contributed by atoms with E-state index >= 15 is 0 Å². The molecule has 1 N–H and O–H groups in total. The molecular formula is C21H22BNO5. The SMILES string of the molecule is CC1(C)OB(c2ccc(OCc3ccc(C(=O)O)cc3)c(C#N)c2)OC1(C)C. The lowest BCUT2D eigenvalue weighted by atomic mass is 9.78. The van der Waals surface area contributed by atoms with Crippen molar-refractivity contribution >= 4 is 18.6 Å². The highest BCUT2D eigenvalue weighted by atomic mass is 16.7. The number of rotatable bonds is 5. The third kappa shape index (κ3) is 3.89. The predicted octanol–water partition coefficient (Wildman–Crippen LogP) is 3.13. The topological polar surface area (TPSA) is 88.8 Å². The Bertz CT molecular complexity index is 915. The summed E-state index contributed by atoms with van der Waals surface area (Å²) in [6, 6.07) is 13.8. The molecule has 1 fully saturated rings. The van der Waals surface area contributed by atoms with Crippen LogP contribution in [0.3, 0.4) is 0 Å². The van der Waals surface area contributed by atoms with Gasteiger partial charge in [0.15, 0.2) is 0 Å². The number of ether oxygens (including phenoxy) is 1. The van der Waals surface area contributed by atoms with E-state index in [9.17, 15) is 10.1 Å². The van der Waals surface area contributed by atoms with Crippen LogP contribution >= 0.6 is 0 Å². The highest BCUT2D eigenvalue weighted by Crippen LogP contribution is 2.36.